The van der Waals surface area contributed by atoms with Gasteiger partial charge in [0.2, 0.25) is 0 Å². The van der Waals surface area contributed by atoms with Crippen LogP contribution in [0.4, 0.5) is 4.39 Å². The van der Waals surface area contributed by atoms with E-state index in [2.05, 4.69) is 11.2 Å². The van der Waals surface area contributed by atoms with Crippen molar-refractivity contribution in [1.82, 2.24) is 9.78 Å². The summed E-state index contributed by atoms with van der Waals surface area (Å²) in [4.78, 5) is 10.8. The molecule has 0 fully saturated rings. The Morgan fingerprint density at radius 3 is 2.88 bits per heavy atom. The Bertz CT molecular complexity index is 521. The molecule has 81 valence electrons. The first-order valence-corrected chi connectivity index (χ1v) is 4.65. The highest BCUT2D eigenvalue weighted by Gasteiger charge is 2.07. The topological polar surface area (TPSA) is 60.9 Å². The van der Waals surface area contributed by atoms with Gasteiger partial charge in [-0.2, -0.15) is 5.10 Å². The minimum absolute atomic E-state index is 0.0522. The summed E-state index contributed by atoms with van der Waals surface area (Å²) in [6, 6.07) is 8.98. The first kappa shape index (κ1) is 10.4. The smallest absolute Gasteiger partial charge is 0.269 e. The molecule has 0 atom stereocenters. The number of benzene rings is 1. The number of nitrogens with zero attached hydrogens (tertiary/aromatic N) is 2. The lowest BCUT2D eigenvalue weighted by atomic mass is 10.2. The lowest BCUT2D eigenvalue weighted by molar-refractivity contribution is 0.0994. The predicted octanol–water partition coefficient (Wildman–Crippen LogP) is 0.970. The van der Waals surface area contributed by atoms with Crippen molar-refractivity contribution in [2.45, 2.75) is 6.54 Å². The van der Waals surface area contributed by atoms with Crippen LogP contribution < -0.4 is 5.73 Å². The van der Waals surface area contributed by atoms with Gasteiger partial charge < -0.3 is 5.73 Å². The van der Waals surface area contributed by atoms with Crippen LogP contribution in [0.25, 0.3) is 0 Å². The molecule has 0 saturated heterocycles. The van der Waals surface area contributed by atoms with E-state index in [1.54, 1.807) is 18.2 Å². The summed E-state index contributed by atoms with van der Waals surface area (Å²) in [5.41, 5.74) is 5.58. The fourth-order valence-electron chi connectivity index (χ4n) is 1.32. The molecule has 1 radical (unpaired) electrons. The van der Waals surface area contributed by atoms with Crippen LogP contribution in [0.15, 0.2) is 30.5 Å². The Morgan fingerprint density at radius 1 is 1.50 bits per heavy atom. The molecular weight excluding hydrogens is 209 g/mol. The lowest BCUT2D eigenvalue weighted by Crippen LogP contribution is -2.13. The van der Waals surface area contributed by atoms with Gasteiger partial charge in [0, 0.05) is 17.8 Å². The molecule has 2 rings (SSSR count). The number of carbonyl (C=O) groups is 1. The Morgan fingerprint density at radius 2 is 2.25 bits per heavy atom. The third-order valence-corrected chi connectivity index (χ3v) is 2.10. The van der Waals surface area contributed by atoms with Gasteiger partial charge in [-0.1, -0.05) is 18.2 Å². The molecule has 0 saturated carbocycles. The van der Waals surface area contributed by atoms with E-state index in [0.29, 0.717) is 5.56 Å². The van der Waals surface area contributed by atoms with Crippen LogP contribution in [0.2, 0.25) is 0 Å². The maximum absolute atomic E-state index is 13.3. The first-order valence-electron chi connectivity index (χ1n) is 4.65. The second-order valence-electron chi connectivity index (χ2n) is 3.28. The summed E-state index contributed by atoms with van der Waals surface area (Å²) < 4.78 is 14.7. The Balaban J connectivity index is 2.21. The summed E-state index contributed by atoms with van der Waals surface area (Å²) in [6.07, 6.45) is 1.46. The highest BCUT2D eigenvalue weighted by atomic mass is 19.1. The number of rotatable bonds is 3. The molecule has 2 N–H and O–H groups in total. The van der Waals surface area contributed by atoms with Crippen LogP contribution >= 0.6 is 0 Å². The number of hydrogen-bond acceptors (Lipinski definition) is 2. The summed E-state index contributed by atoms with van der Waals surface area (Å²) in [6.45, 7) is 0.246. The van der Waals surface area contributed by atoms with Gasteiger partial charge in [-0.3, -0.25) is 9.48 Å². The molecule has 0 aliphatic heterocycles. The van der Waals surface area contributed by atoms with Crippen molar-refractivity contribution in [3.8, 4) is 0 Å². The molecule has 1 aromatic carbocycles. The molecule has 0 aliphatic carbocycles. The monoisotopic (exact) mass is 218 g/mol. The van der Waals surface area contributed by atoms with Crippen LogP contribution in [0, 0.1) is 11.9 Å². The average molecular weight is 218 g/mol. The van der Waals surface area contributed by atoms with E-state index >= 15 is 0 Å². The van der Waals surface area contributed by atoms with Crippen molar-refractivity contribution in [3.63, 3.8) is 0 Å². The maximum atomic E-state index is 13.3. The van der Waals surface area contributed by atoms with Crippen LogP contribution in [0.3, 0.4) is 0 Å². The molecular formula is C11H9FN3O. The van der Waals surface area contributed by atoms with E-state index in [4.69, 9.17) is 5.73 Å². The predicted molar refractivity (Wildman–Crippen MR) is 55.1 cm³/mol. The van der Waals surface area contributed by atoms with Crippen molar-refractivity contribution in [3.05, 3.63) is 53.6 Å². The van der Waals surface area contributed by atoms with Gasteiger partial charge in [-0.25, -0.2) is 4.39 Å². The van der Waals surface area contributed by atoms with Gasteiger partial charge in [0.05, 0.1) is 6.54 Å². The zero-order valence-corrected chi connectivity index (χ0v) is 8.35. The van der Waals surface area contributed by atoms with Crippen molar-refractivity contribution in [1.29, 1.82) is 0 Å². The maximum Gasteiger partial charge on any atom is 0.269 e. The van der Waals surface area contributed by atoms with Crippen LogP contribution in [0.5, 0.6) is 0 Å². The molecule has 1 heterocycles. The van der Waals surface area contributed by atoms with Gasteiger partial charge >= 0.3 is 0 Å². The largest absolute Gasteiger partial charge is 0.364 e. The summed E-state index contributed by atoms with van der Waals surface area (Å²) in [7, 11) is 0. The van der Waals surface area contributed by atoms with Gasteiger partial charge in [0.15, 0.2) is 5.69 Å². The fraction of sp³-hybridized carbons (Fsp3) is 0.0909. The van der Waals surface area contributed by atoms with Gasteiger partial charge in [0.25, 0.3) is 5.91 Å². The normalized spacial score (nSPS) is 10.3. The molecule has 0 unspecified atom stereocenters. The van der Waals surface area contributed by atoms with Crippen LogP contribution in [-0.2, 0) is 6.54 Å². The third kappa shape index (κ3) is 2.08. The standard InChI is InChI=1S/C11H9FN3O/c12-9-4-2-1-3-8(9)7-15-6-5-10(14-15)11(13)16/h1-4,6H,7H2,(H2,13,16). The zero-order valence-electron chi connectivity index (χ0n) is 8.35. The first-order chi connectivity index (χ1) is 7.66. The highest BCUT2D eigenvalue weighted by Crippen LogP contribution is 2.08. The van der Waals surface area contributed by atoms with Crippen LogP contribution in [-0.4, -0.2) is 15.7 Å². The molecule has 1 aromatic heterocycles. The third-order valence-electron chi connectivity index (χ3n) is 2.10. The molecule has 0 aliphatic rings. The van der Waals surface area contributed by atoms with E-state index in [-0.39, 0.29) is 18.1 Å². The van der Waals surface area contributed by atoms with E-state index in [1.165, 1.54) is 16.9 Å². The Labute approximate surface area is 91.5 Å². The lowest BCUT2D eigenvalue weighted by Gasteiger charge is -2.02. The van der Waals surface area contributed by atoms with Crippen molar-refractivity contribution in [2.24, 2.45) is 5.73 Å². The number of primary amides is 1. The Hall–Kier alpha value is -2.17. The summed E-state index contributed by atoms with van der Waals surface area (Å²) >= 11 is 0. The quantitative estimate of drug-likeness (QED) is 0.834. The second-order valence-corrected chi connectivity index (χ2v) is 3.28. The highest BCUT2D eigenvalue weighted by molar-refractivity contribution is 5.90. The second kappa shape index (κ2) is 4.14. The average Bonchev–Trinajstić information content (AvgIpc) is 2.70. The van der Waals surface area contributed by atoms with Crippen molar-refractivity contribution in [2.75, 3.05) is 0 Å². The number of amides is 1. The molecule has 4 nitrogen and oxygen atoms in total. The minimum atomic E-state index is -0.646. The SMILES string of the molecule is NC(=O)c1[c]cn(Cc2ccccc2F)n1. The van der Waals surface area contributed by atoms with Gasteiger partial charge in [-0.05, 0) is 6.07 Å². The molecule has 2 aromatic rings. The zero-order chi connectivity index (χ0) is 11.5. The fourth-order valence-corrected chi connectivity index (χ4v) is 1.32. The summed E-state index contributed by atoms with van der Waals surface area (Å²) in [5, 5.41) is 3.87. The van der Waals surface area contributed by atoms with Gasteiger partial charge in [0.1, 0.15) is 5.82 Å². The van der Waals surface area contributed by atoms with E-state index in [1.807, 2.05) is 0 Å². The molecule has 0 bridgehead atoms. The number of carbonyl (C=O) groups excluding carboxylic acids is 1. The molecule has 1 amide bonds. The van der Waals surface area contributed by atoms with E-state index < -0.39 is 5.91 Å². The van der Waals surface area contributed by atoms with Crippen molar-refractivity contribution >= 4 is 5.91 Å². The number of aromatic nitrogens is 2. The van der Waals surface area contributed by atoms with Gasteiger partial charge in [-0.15, -0.1) is 0 Å². The van der Waals surface area contributed by atoms with Crippen LogP contribution in [0.1, 0.15) is 16.1 Å². The number of halogens is 1. The van der Waals surface area contributed by atoms with E-state index in [0.717, 1.165) is 0 Å². The molecule has 16 heavy (non-hydrogen) atoms. The number of hydrogen-bond donors (Lipinski definition) is 1. The van der Waals surface area contributed by atoms with E-state index in [9.17, 15) is 9.18 Å². The molecule has 0 spiro atoms. The Kier molecular flexibility index (Phi) is 2.68. The minimum Gasteiger partial charge on any atom is -0.364 e. The van der Waals surface area contributed by atoms with Crippen molar-refractivity contribution < 1.29 is 9.18 Å². The molecule has 5 heteroatoms. The summed E-state index contributed by atoms with van der Waals surface area (Å²) in [5.74, 6) is -0.953. The number of nitrogens with two attached hydrogens (primary N) is 1.